The molecule has 0 unspecified atom stereocenters. The normalized spacial score (nSPS) is 13.5. The molecule has 3 aromatic rings. The minimum absolute atomic E-state index is 0.0239. The average Bonchev–Trinajstić information content (AvgIpc) is 3.12. The molecule has 0 atom stereocenters. The Morgan fingerprint density at radius 1 is 1.08 bits per heavy atom. The van der Waals surface area contributed by atoms with Gasteiger partial charge in [0.1, 0.15) is 5.69 Å². The number of amides is 1. The van der Waals surface area contributed by atoms with Gasteiger partial charge >= 0.3 is 0 Å². The van der Waals surface area contributed by atoms with E-state index in [1.54, 1.807) is 4.68 Å². The Morgan fingerprint density at radius 3 is 2.65 bits per heavy atom. The van der Waals surface area contributed by atoms with Crippen LogP contribution in [0.3, 0.4) is 0 Å². The van der Waals surface area contributed by atoms with Crippen molar-refractivity contribution in [3.63, 3.8) is 0 Å². The van der Waals surface area contributed by atoms with Crippen molar-refractivity contribution in [1.29, 1.82) is 0 Å². The summed E-state index contributed by atoms with van der Waals surface area (Å²) in [4.78, 5) is 15.3. The molecule has 132 valence electrons. The molecule has 2 heterocycles. The van der Waals surface area contributed by atoms with E-state index in [4.69, 9.17) is 5.10 Å². The average molecular weight is 345 g/mol. The van der Waals surface area contributed by atoms with E-state index in [9.17, 15) is 4.79 Å². The molecule has 0 saturated heterocycles. The van der Waals surface area contributed by atoms with Gasteiger partial charge in [0.2, 0.25) is 0 Å². The number of nitrogens with zero attached hydrogens (tertiary/aromatic N) is 3. The Kier molecular flexibility index (Phi) is 4.57. The van der Waals surface area contributed by atoms with Gasteiger partial charge in [-0.25, -0.2) is 4.68 Å². The van der Waals surface area contributed by atoms with E-state index < -0.39 is 0 Å². The van der Waals surface area contributed by atoms with Crippen molar-refractivity contribution >= 4 is 11.6 Å². The molecule has 1 amide bonds. The third-order valence-corrected chi connectivity index (χ3v) is 4.84. The summed E-state index contributed by atoms with van der Waals surface area (Å²) in [6.45, 7) is 2.88. The van der Waals surface area contributed by atoms with Crippen LogP contribution in [0.1, 0.15) is 41.5 Å². The predicted molar refractivity (Wildman–Crippen MR) is 104 cm³/mol. The van der Waals surface area contributed by atoms with E-state index in [1.807, 2.05) is 59.5 Å². The number of benzene rings is 2. The number of carbonyl (C=O) groups is 1. The summed E-state index contributed by atoms with van der Waals surface area (Å²) >= 11 is 0. The lowest BCUT2D eigenvalue weighted by molar-refractivity contribution is 0.0977. The van der Waals surface area contributed by atoms with Crippen LogP contribution in [-0.4, -0.2) is 22.2 Å². The Bertz CT molecular complexity index is 914. The first kappa shape index (κ1) is 16.6. The van der Waals surface area contributed by atoms with Gasteiger partial charge < -0.3 is 4.90 Å². The zero-order valence-corrected chi connectivity index (χ0v) is 15.1. The molecular weight excluding hydrogens is 322 g/mol. The first-order valence-corrected chi connectivity index (χ1v) is 9.32. The largest absolute Gasteiger partial charge is 0.307 e. The van der Waals surface area contributed by atoms with E-state index in [0.29, 0.717) is 5.69 Å². The summed E-state index contributed by atoms with van der Waals surface area (Å²) in [7, 11) is 0. The highest BCUT2D eigenvalue weighted by atomic mass is 16.2. The summed E-state index contributed by atoms with van der Waals surface area (Å²) in [6, 6.07) is 20.1. The monoisotopic (exact) mass is 345 g/mol. The lowest BCUT2D eigenvalue weighted by Gasteiger charge is -2.29. The van der Waals surface area contributed by atoms with E-state index in [1.165, 1.54) is 5.56 Å². The van der Waals surface area contributed by atoms with Crippen molar-refractivity contribution in [3.8, 4) is 5.69 Å². The highest BCUT2D eigenvalue weighted by Crippen LogP contribution is 2.28. The molecule has 4 heteroatoms. The number of rotatable bonds is 4. The van der Waals surface area contributed by atoms with Gasteiger partial charge in [-0.05, 0) is 49.1 Å². The van der Waals surface area contributed by atoms with Crippen molar-refractivity contribution in [1.82, 2.24) is 9.78 Å². The molecule has 0 aliphatic carbocycles. The lowest BCUT2D eigenvalue weighted by Crippen LogP contribution is -2.36. The van der Waals surface area contributed by atoms with E-state index >= 15 is 0 Å². The van der Waals surface area contributed by atoms with Crippen LogP contribution in [0.5, 0.6) is 0 Å². The highest BCUT2D eigenvalue weighted by molar-refractivity contribution is 6.06. The van der Waals surface area contributed by atoms with Gasteiger partial charge in [-0.2, -0.15) is 5.10 Å². The standard InChI is InChI=1S/C22H23N3O/c1-2-9-18-16-21(25(23-18)19-12-4-3-5-13-19)22(26)24-15-8-11-17-10-6-7-14-20(17)24/h3-7,10,12-14,16H,2,8-9,11,15H2,1H3. The van der Waals surface area contributed by atoms with Gasteiger partial charge in [0.05, 0.1) is 11.4 Å². The molecule has 0 bridgehead atoms. The fourth-order valence-electron chi connectivity index (χ4n) is 3.61. The topological polar surface area (TPSA) is 38.1 Å². The van der Waals surface area contributed by atoms with Crippen LogP contribution in [0.15, 0.2) is 60.7 Å². The molecule has 1 aliphatic rings. The molecule has 26 heavy (non-hydrogen) atoms. The molecule has 4 nitrogen and oxygen atoms in total. The molecule has 0 radical (unpaired) electrons. The van der Waals surface area contributed by atoms with E-state index in [0.717, 1.165) is 49.3 Å². The van der Waals surface area contributed by atoms with Crippen molar-refractivity contribution in [2.45, 2.75) is 32.6 Å². The quantitative estimate of drug-likeness (QED) is 0.702. The first-order valence-electron chi connectivity index (χ1n) is 9.32. The van der Waals surface area contributed by atoms with Gasteiger partial charge in [0, 0.05) is 12.2 Å². The van der Waals surface area contributed by atoms with Crippen LogP contribution in [0.4, 0.5) is 5.69 Å². The molecular formula is C22H23N3O. The smallest absolute Gasteiger partial charge is 0.277 e. The zero-order chi connectivity index (χ0) is 17.9. The summed E-state index contributed by atoms with van der Waals surface area (Å²) in [5.74, 6) is 0.0239. The van der Waals surface area contributed by atoms with Gasteiger partial charge in [-0.1, -0.05) is 49.7 Å². The highest BCUT2D eigenvalue weighted by Gasteiger charge is 2.26. The summed E-state index contributed by atoms with van der Waals surface area (Å²) in [5.41, 5.74) is 4.79. The maximum atomic E-state index is 13.4. The molecule has 0 spiro atoms. The first-order chi connectivity index (χ1) is 12.8. The van der Waals surface area contributed by atoms with Crippen LogP contribution in [0.25, 0.3) is 5.69 Å². The molecule has 4 rings (SSSR count). The van der Waals surface area contributed by atoms with Gasteiger partial charge in [0.25, 0.3) is 5.91 Å². The number of anilines is 1. The lowest BCUT2D eigenvalue weighted by atomic mass is 10.0. The van der Waals surface area contributed by atoms with Crippen molar-refractivity contribution in [2.24, 2.45) is 0 Å². The molecule has 0 fully saturated rings. The molecule has 0 saturated carbocycles. The second kappa shape index (κ2) is 7.16. The maximum absolute atomic E-state index is 13.4. The van der Waals surface area contributed by atoms with Crippen LogP contribution >= 0.6 is 0 Å². The van der Waals surface area contributed by atoms with Crippen LogP contribution in [0.2, 0.25) is 0 Å². The van der Waals surface area contributed by atoms with Gasteiger partial charge in [-0.3, -0.25) is 4.79 Å². The van der Waals surface area contributed by atoms with E-state index in [-0.39, 0.29) is 5.91 Å². The maximum Gasteiger partial charge on any atom is 0.277 e. The minimum Gasteiger partial charge on any atom is -0.307 e. The summed E-state index contributed by atoms with van der Waals surface area (Å²) in [5, 5.41) is 4.71. The summed E-state index contributed by atoms with van der Waals surface area (Å²) in [6.07, 6.45) is 3.89. The van der Waals surface area contributed by atoms with Crippen molar-refractivity contribution in [3.05, 3.63) is 77.6 Å². The fraction of sp³-hybridized carbons (Fsp3) is 0.273. The zero-order valence-electron chi connectivity index (χ0n) is 15.1. The fourth-order valence-corrected chi connectivity index (χ4v) is 3.61. The molecule has 0 N–H and O–H groups in total. The number of fused-ring (bicyclic) bond motifs is 1. The number of hydrogen-bond donors (Lipinski definition) is 0. The van der Waals surface area contributed by atoms with Crippen LogP contribution < -0.4 is 4.90 Å². The Hall–Kier alpha value is -2.88. The SMILES string of the molecule is CCCc1cc(C(=O)N2CCCc3ccccc32)n(-c2ccccc2)n1. The Morgan fingerprint density at radius 2 is 1.85 bits per heavy atom. The molecule has 2 aromatic carbocycles. The van der Waals surface area contributed by atoms with E-state index in [2.05, 4.69) is 13.0 Å². The van der Waals surface area contributed by atoms with Crippen molar-refractivity contribution in [2.75, 3.05) is 11.4 Å². The molecule has 1 aliphatic heterocycles. The van der Waals surface area contributed by atoms with Crippen LogP contribution in [-0.2, 0) is 12.8 Å². The third kappa shape index (κ3) is 3.03. The number of aromatic nitrogens is 2. The number of aryl methyl sites for hydroxylation is 2. The van der Waals surface area contributed by atoms with Crippen molar-refractivity contribution < 1.29 is 4.79 Å². The molecule has 1 aromatic heterocycles. The number of hydrogen-bond acceptors (Lipinski definition) is 2. The minimum atomic E-state index is 0.0239. The van der Waals surface area contributed by atoms with Crippen LogP contribution in [0, 0.1) is 0 Å². The number of para-hydroxylation sites is 2. The predicted octanol–water partition coefficient (Wildman–Crippen LogP) is 4.42. The van der Waals surface area contributed by atoms with Gasteiger partial charge in [-0.15, -0.1) is 0 Å². The van der Waals surface area contributed by atoms with Gasteiger partial charge in [0.15, 0.2) is 0 Å². The second-order valence-corrected chi connectivity index (χ2v) is 6.71. The Balaban J connectivity index is 1.77. The second-order valence-electron chi connectivity index (χ2n) is 6.71. The number of carbonyl (C=O) groups excluding carboxylic acids is 1. The third-order valence-electron chi connectivity index (χ3n) is 4.84. The summed E-state index contributed by atoms with van der Waals surface area (Å²) < 4.78 is 1.80. The Labute approximate surface area is 154 Å².